The summed E-state index contributed by atoms with van der Waals surface area (Å²) in [4.78, 5) is 3.96. The maximum Gasteiger partial charge on any atom is 0.126 e. The first-order chi connectivity index (χ1) is 12.3. The highest BCUT2D eigenvalue weighted by Gasteiger charge is 2.07. The second-order valence-corrected chi connectivity index (χ2v) is 5.82. The smallest absolute Gasteiger partial charge is 0.126 e. The number of methoxy groups -OCH3 is 1. The average Bonchev–Trinajstić information content (AvgIpc) is 2.69. The van der Waals surface area contributed by atoms with E-state index in [1.165, 1.54) is 5.56 Å². The Morgan fingerprint density at radius 3 is 2.44 bits per heavy atom. The van der Waals surface area contributed by atoms with Crippen molar-refractivity contribution in [3.63, 3.8) is 0 Å². The maximum atomic E-state index is 10.1. The number of aromatic nitrogens is 1. The quantitative estimate of drug-likeness (QED) is 0.693. The number of hydrogen-bond donors (Lipinski definition) is 2. The van der Waals surface area contributed by atoms with Crippen molar-refractivity contribution in [2.75, 3.05) is 13.7 Å². The maximum absolute atomic E-state index is 10.1. The van der Waals surface area contributed by atoms with Crippen molar-refractivity contribution in [3.05, 3.63) is 84.2 Å². The van der Waals surface area contributed by atoms with Gasteiger partial charge in [-0.1, -0.05) is 42.5 Å². The molecule has 1 aromatic heterocycles. The van der Waals surface area contributed by atoms with E-state index in [1.54, 1.807) is 19.5 Å². The molecule has 1 atom stereocenters. The Balaban J connectivity index is 1.58. The Hall–Kier alpha value is -2.69. The van der Waals surface area contributed by atoms with Crippen molar-refractivity contribution in [1.82, 2.24) is 10.3 Å². The van der Waals surface area contributed by atoms with Crippen molar-refractivity contribution in [2.24, 2.45) is 0 Å². The van der Waals surface area contributed by atoms with Crippen molar-refractivity contribution in [3.8, 4) is 16.9 Å². The lowest BCUT2D eigenvalue weighted by atomic mass is 10.0. The lowest BCUT2D eigenvalue weighted by molar-refractivity contribution is 0.174. The van der Waals surface area contributed by atoms with E-state index in [0.717, 1.165) is 22.4 Å². The third-order valence-corrected chi connectivity index (χ3v) is 4.13. The summed E-state index contributed by atoms with van der Waals surface area (Å²) in [6.07, 6.45) is 2.85. The molecule has 0 saturated heterocycles. The first-order valence-electron chi connectivity index (χ1n) is 8.29. The number of para-hydroxylation sites is 1. The fraction of sp³-hybridized carbons (Fsp3) is 0.190. The normalized spacial score (nSPS) is 11.9. The SMILES string of the molecule is COc1ccccc1-c1ccc(CNCC(O)c2ccncc2)cc1. The zero-order valence-corrected chi connectivity index (χ0v) is 14.2. The molecule has 1 heterocycles. The van der Waals surface area contributed by atoms with Gasteiger partial charge in [0.25, 0.3) is 0 Å². The minimum absolute atomic E-state index is 0.498. The van der Waals surface area contributed by atoms with Crippen molar-refractivity contribution < 1.29 is 9.84 Å². The van der Waals surface area contributed by atoms with Gasteiger partial charge in [0.05, 0.1) is 13.2 Å². The molecule has 0 spiro atoms. The van der Waals surface area contributed by atoms with Crippen molar-refractivity contribution >= 4 is 0 Å². The predicted molar refractivity (Wildman–Crippen MR) is 99.3 cm³/mol. The van der Waals surface area contributed by atoms with Gasteiger partial charge in [-0.15, -0.1) is 0 Å². The summed E-state index contributed by atoms with van der Waals surface area (Å²) in [5.41, 5.74) is 4.24. The molecule has 1 unspecified atom stereocenters. The van der Waals surface area contributed by atoms with E-state index in [0.29, 0.717) is 13.1 Å². The van der Waals surface area contributed by atoms with E-state index >= 15 is 0 Å². The van der Waals surface area contributed by atoms with Crippen LogP contribution in [0.1, 0.15) is 17.2 Å². The van der Waals surface area contributed by atoms with Gasteiger partial charge in [-0.25, -0.2) is 0 Å². The summed E-state index contributed by atoms with van der Waals surface area (Å²) in [7, 11) is 1.69. The summed E-state index contributed by atoms with van der Waals surface area (Å²) in [5.74, 6) is 0.869. The van der Waals surface area contributed by atoms with Crippen LogP contribution in [-0.2, 0) is 6.54 Å². The number of nitrogens with zero attached hydrogens (tertiary/aromatic N) is 1. The standard InChI is InChI=1S/C21H22N2O2/c1-25-21-5-3-2-4-19(21)17-8-6-16(7-9-17)14-23-15-20(24)18-10-12-22-13-11-18/h2-13,20,23-24H,14-15H2,1H3. The Bertz CT molecular complexity index is 789. The number of nitrogens with one attached hydrogen (secondary N) is 1. The molecular weight excluding hydrogens is 312 g/mol. The molecule has 0 radical (unpaired) electrons. The van der Waals surface area contributed by atoms with Crippen LogP contribution >= 0.6 is 0 Å². The van der Waals surface area contributed by atoms with Crippen LogP contribution in [-0.4, -0.2) is 23.7 Å². The number of benzene rings is 2. The minimum Gasteiger partial charge on any atom is -0.496 e. The van der Waals surface area contributed by atoms with Gasteiger partial charge in [0.2, 0.25) is 0 Å². The summed E-state index contributed by atoms with van der Waals surface area (Å²) in [6.45, 7) is 1.20. The van der Waals surface area contributed by atoms with Gasteiger partial charge in [-0.05, 0) is 34.9 Å². The number of rotatable bonds is 7. The molecule has 0 amide bonds. The topological polar surface area (TPSA) is 54.4 Å². The van der Waals surface area contributed by atoms with Crippen LogP contribution in [0.2, 0.25) is 0 Å². The molecule has 3 rings (SSSR count). The van der Waals surface area contributed by atoms with Gasteiger partial charge >= 0.3 is 0 Å². The van der Waals surface area contributed by atoms with Crippen LogP contribution in [0.5, 0.6) is 5.75 Å². The third kappa shape index (κ3) is 4.44. The number of ether oxygens (including phenoxy) is 1. The van der Waals surface area contributed by atoms with Crippen LogP contribution < -0.4 is 10.1 Å². The number of hydrogen-bond acceptors (Lipinski definition) is 4. The molecular formula is C21H22N2O2. The molecule has 0 saturated carbocycles. The fourth-order valence-electron chi connectivity index (χ4n) is 2.74. The molecule has 0 aliphatic rings. The van der Waals surface area contributed by atoms with Gasteiger partial charge in [0, 0.05) is 31.0 Å². The molecule has 2 aromatic carbocycles. The highest BCUT2D eigenvalue weighted by Crippen LogP contribution is 2.29. The van der Waals surface area contributed by atoms with E-state index in [4.69, 9.17) is 4.74 Å². The largest absolute Gasteiger partial charge is 0.496 e. The Morgan fingerprint density at radius 2 is 1.72 bits per heavy atom. The van der Waals surface area contributed by atoms with Gasteiger partial charge < -0.3 is 15.2 Å². The summed E-state index contributed by atoms with van der Waals surface area (Å²) >= 11 is 0. The Kier molecular flexibility index (Phi) is 5.77. The second kappa shape index (κ2) is 8.42. The summed E-state index contributed by atoms with van der Waals surface area (Å²) < 4.78 is 5.42. The molecule has 4 nitrogen and oxygen atoms in total. The van der Waals surface area contributed by atoms with E-state index in [2.05, 4.69) is 40.6 Å². The third-order valence-electron chi connectivity index (χ3n) is 4.13. The van der Waals surface area contributed by atoms with Crippen molar-refractivity contribution in [2.45, 2.75) is 12.6 Å². The highest BCUT2D eigenvalue weighted by molar-refractivity contribution is 5.70. The fourth-order valence-corrected chi connectivity index (χ4v) is 2.74. The molecule has 3 aromatic rings. The van der Waals surface area contributed by atoms with Gasteiger partial charge in [0.15, 0.2) is 0 Å². The first-order valence-corrected chi connectivity index (χ1v) is 8.29. The van der Waals surface area contributed by atoms with Gasteiger partial charge in [-0.3, -0.25) is 4.98 Å². The Labute approximate surface area is 148 Å². The first kappa shape index (κ1) is 17.1. The van der Waals surface area contributed by atoms with E-state index in [-0.39, 0.29) is 0 Å². The molecule has 0 aliphatic heterocycles. The van der Waals surface area contributed by atoms with Gasteiger partial charge in [0.1, 0.15) is 5.75 Å². The molecule has 2 N–H and O–H groups in total. The number of pyridine rings is 1. The van der Waals surface area contributed by atoms with Crippen LogP contribution in [0.4, 0.5) is 0 Å². The molecule has 128 valence electrons. The minimum atomic E-state index is -0.532. The Morgan fingerprint density at radius 1 is 1.00 bits per heavy atom. The van der Waals surface area contributed by atoms with Crippen LogP contribution in [0.3, 0.4) is 0 Å². The monoisotopic (exact) mass is 334 g/mol. The van der Waals surface area contributed by atoms with E-state index in [1.807, 2.05) is 30.3 Å². The van der Waals surface area contributed by atoms with E-state index < -0.39 is 6.10 Å². The second-order valence-electron chi connectivity index (χ2n) is 5.82. The zero-order valence-electron chi connectivity index (χ0n) is 14.2. The van der Waals surface area contributed by atoms with Crippen molar-refractivity contribution in [1.29, 1.82) is 0 Å². The number of aliphatic hydroxyl groups is 1. The van der Waals surface area contributed by atoms with E-state index in [9.17, 15) is 5.11 Å². The molecule has 0 fully saturated rings. The predicted octanol–water partition coefficient (Wildman–Crippen LogP) is 3.58. The lowest BCUT2D eigenvalue weighted by Crippen LogP contribution is -2.21. The molecule has 4 heteroatoms. The van der Waals surface area contributed by atoms with Crippen LogP contribution in [0.15, 0.2) is 73.1 Å². The molecule has 0 bridgehead atoms. The average molecular weight is 334 g/mol. The molecule has 0 aliphatic carbocycles. The van der Waals surface area contributed by atoms with Gasteiger partial charge in [-0.2, -0.15) is 0 Å². The summed E-state index contributed by atoms with van der Waals surface area (Å²) in [5, 5.41) is 13.4. The summed E-state index contributed by atoms with van der Waals surface area (Å²) in [6, 6.07) is 20.0. The van der Waals surface area contributed by atoms with Crippen LogP contribution in [0.25, 0.3) is 11.1 Å². The number of aliphatic hydroxyl groups excluding tert-OH is 1. The molecule has 25 heavy (non-hydrogen) atoms. The zero-order chi connectivity index (χ0) is 17.5. The lowest BCUT2D eigenvalue weighted by Gasteiger charge is -2.12. The highest BCUT2D eigenvalue weighted by atomic mass is 16.5. The van der Waals surface area contributed by atoms with Crippen LogP contribution in [0, 0.1) is 0 Å².